The van der Waals surface area contributed by atoms with Gasteiger partial charge in [0, 0.05) is 24.9 Å². The largest absolute Gasteiger partial charge is 0.494 e. The molecule has 0 spiro atoms. The van der Waals surface area contributed by atoms with E-state index in [-0.39, 0.29) is 17.7 Å². The minimum atomic E-state index is -3.68. The third-order valence-electron chi connectivity index (χ3n) is 6.41. The van der Waals surface area contributed by atoms with Crippen LogP contribution in [0.2, 0.25) is 0 Å². The molecule has 3 heterocycles. The van der Waals surface area contributed by atoms with Crippen molar-refractivity contribution in [1.29, 1.82) is 0 Å². The van der Waals surface area contributed by atoms with Crippen LogP contribution in [-0.2, 0) is 20.3 Å². The van der Waals surface area contributed by atoms with Crippen LogP contribution >= 0.6 is 0 Å². The number of aromatic nitrogens is 5. The normalized spacial score (nSPS) is 17.8. The molecular weight excluding hydrogens is 470 g/mol. The molecule has 2 aromatic heterocycles. The molecule has 3 atom stereocenters. The Morgan fingerprint density at radius 2 is 1.77 bits per heavy atom. The van der Waals surface area contributed by atoms with E-state index < -0.39 is 21.0 Å². The molecule has 35 heavy (non-hydrogen) atoms. The summed E-state index contributed by atoms with van der Waals surface area (Å²) in [5, 5.41) is 7.93. The van der Waals surface area contributed by atoms with E-state index in [4.69, 9.17) is 14.2 Å². The van der Waals surface area contributed by atoms with Crippen LogP contribution in [0.4, 0.5) is 0 Å². The minimum absolute atomic E-state index is 0.266. The zero-order chi connectivity index (χ0) is 25.2. The summed E-state index contributed by atoms with van der Waals surface area (Å²) in [4.78, 5) is 8.66. The van der Waals surface area contributed by atoms with Gasteiger partial charge in [-0.1, -0.05) is 13.0 Å². The van der Waals surface area contributed by atoms with Gasteiger partial charge < -0.3 is 14.2 Å². The summed E-state index contributed by atoms with van der Waals surface area (Å²) in [5.41, 5.74) is 1.46. The van der Waals surface area contributed by atoms with Crippen molar-refractivity contribution in [2.45, 2.75) is 56.6 Å². The van der Waals surface area contributed by atoms with Crippen molar-refractivity contribution >= 4 is 9.84 Å². The number of hydrogen-bond donors (Lipinski definition) is 0. The van der Waals surface area contributed by atoms with Gasteiger partial charge in [-0.05, 0) is 44.4 Å². The summed E-state index contributed by atoms with van der Waals surface area (Å²) in [6.45, 7) is 5.99. The van der Waals surface area contributed by atoms with E-state index in [2.05, 4.69) is 20.2 Å². The lowest BCUT2D eigenvalue weighted by molar-refractivity contribution is 0.103. The molecule has 1 aliphatic rings. The Balaban J connectivity index is 1.76. The van der Waals surface area contributed by atoms with E-state index in [9.17, 15) is 8.42 Å². The summed E-state index contributed by atoms with van der Waals surface area (Å²) in [7, 11) is -0.573. The van der Waals surface area contributed by atoms with E-state index in [1.54, 1.807) is 56.3 Å². The fourth-order valence-corrected chi connectivity index (χ4v) is 5.73. The molecule has 4 rings (SSSR count). The van der Waals surface area contributed by atoms with Gasteiger partial charge in [0.15, 0.2) is 21.5 Å². The summed E-state index contributed by atoms with van der Waals surface area (Å²) < 4.78 is 45.9. The standard InChI is InChI=1S/C24H31N5O5S/c1-15-12-25-23(26-13-15)16(2)17(3)35(30,31)14-21-27-28-24(20-10-7-11-34-20)29(21)22-18(32-4)8-6-9-19(22)33-5/h6,8-9,12-13,16-17,20H,7,10-11,14H2,1-5H3/t16-,17-,20+/m1/s1. The monoisotopic (exact) mass is 501 g/mol. The van der Waals surface area contributed by atoms with Crippen LogP contribution in [0.15, 0.2) is 30.6 Å². The van der Waals surface area contributed by atoms with Gasteiger partial charge in [0.05, 0.1) is 19.5 Å². The average Bonchev–Trinajstić information content (AvgIpc) is 3.52. The van der Waals surface area contributed by atoms with E-state index in [0.29, 0.717) is 35.4 Å². The number of para-hydroxylation sites is 1. The van der Waals surface area contributed by atoms with Gasteiger partial charge in [0.25, 0.3) is 0 Å². The van der Waals surface area contributed by atoms with Crippen molar-refractivity contribution in [2.75, 3.05) is 20.8 Å². The number of aryl methyl sites for hydroxylation is 1. The van der Waals surface area contributed by atoms with Gasteiger partial charge in [0.2, 0.25) is 0 Å². The molecule has 0 radical (unpaired) electrons. The lowest BCUT2D eigenvalue weighted by atomic mass is 10.1. The summed E-state index contributed by atoms with van der Waals surface area (Å²) >= 11 is 0. The van der Waals surface area contributed by atoms with Crippen LogP contribution in [0.5, 0.6) is 11.5 Å². The quantitative estimate of drug-likeness (QED) is 0.435. The Bertz CT molecular complexity index is 1250. The first-order chi connectivity index (χ1) is 16.8. The zero-order valence-electron chi connectivity index (χ0n) is 20.6. The highest BCUT2D eigenvalue weighted by molar-refractivity contribution is 7.91. The Morgan fingerprint density at radius 1 is 1.11 bits per heavy atom. The highest BCUT2D eigenvalue weighted by Gasteiger charge is 2.34. The predicted molar refractivity (Wildman–Crippen MR) is 130 cm³/mol. The van der Waals surface area contributed by atoms with Crippen LogP contribution < -0.4 is 9.47 Å². The SMILES string of the molecule is COc1cccc(OC)c1-n1c(CS(=O)(=O)[C@H](C)[C@@H](C)c2ncc(C)cn2)nnc1[C@@H]1CCCO1. The first-order valence-electron chi connectivity index (χ1n) is 11.5. The molecule has 1 aromatic carbocycles. The number of ether oxygens (including phenoxy) is 3. The zero-order valence-corrected chi connectivity index (χ0v) is 21.4. The number of hydrogen-bond acceptors (Lipinski definition) is 9. The van der Waals surface area contributed by atoms with Gasteiger partial charge in [-0.15, -0.1) is 10.2 Å². The van der Waals surface area contributed by atoms with Crippen molar-refractivity contribution < 1.29 is 22.6 Å². The highest BCUT2D eigenvalue weighted by atomic mass is 32.2. The third-order valence-corrected chi connectivity index (χ3v) is 8.61. The lowest BCUT2D eigenvalue weighted by Crippen LogP contribution is -2.27. The number of nitrogens with zero attached hydrogens (tertiary/aromatic N) is 5. The maximum absolute atomic E-state index is 13.6. The number of sulfone groups is 1. The van der Waals surface area contributed by atoms with Crippen LogP contribution in [0.3, 0.4) is 0 Å². The Hall–Kier alpha value is -3.05. The Morgan fingerprint density at radius 3 is 2.34 bits per heavy atom. The van der Waals surface area contributed by atoms with Crippen LogP contribution in [0.25, 0.3) is 5.69 Å². The van der Waals surface area contributed by atoms with Gasteiger partial charge >= 0.3 is 0 Å². The highest BCUT2D eigenvalue weighted by Crippen LogP contribution is 2.38. The van der Waals surface area contributed by atoms with E-state index in [1.165, 1.54) is 0 Å². The summed E-state index contributed by atoms with van der Waals surface area (Å²) in [6.07, 6.45) is 4.73. The first-order valence-corrected chi connectivity index (χ1v) is 13.3. The Kier molecular flexibility index (Phi) is 7.36. The average molecular weight is 502 g/mol. The molecule has 0 N–H and O–H groups in total. The van der Waals surface area contributed by atoms with Crippen molar-refractivity contribution in [1.82, 2.24) is 24.7 Å². The summed E-state index contributed by atoms with van der Waals surface area (Å²) in [5.74, 6) is 1.56. The van der Waals surface area contributed by atoms with Crippen LogP contribution in [0, 0.1) is 6.92 Å². The van der Waals surface area contributed by atoms with E-state index in [1.807, 2.05) is 13.8 Å². The van der Waals surface area contributed by atoms with Crippen molar-refractivity contribution in [3.05, 3.63) is 53.6 Å². The second-order valence-corrected chi connectivity index (χ2v) is 11.1. The van der Waals surface area contributed by atoms with Crippen molar-refractivity contribution in [3.63, 3.8) is 0 Å². The minimum Gasteiger partial charge on any atom is -0.494 e. The third kappa shape index (κ3) is 5.01. The van der Waals surface area contributed by atoms with Gasteiger partial charge in [-0.25, -0.2) is 18.4 Å². The predicted octanol–water partition coefficient (Wildman–Crippen LogP) is 3.34. The lowest BCUT2D eigenvalue weighted by Gasteiger charge is -2.21. The fraction of sp³-hybridized carbons (Fsp3) is 0.500. The molecule has 10 nitrogen and oxygen atoms in total. The van der Waals surface area contributed by atoms with Gasteiger partial charge in [-0.2, -0.15) is 0 Å². The molecule has 1 fully saturated rings. The summed E-state index contributed by atoms with van der Waals surface area (Å²) in [6, 6.07) is 5.38. The molecular formula is C24H31N5O5S. The topological polar surface area (TPSA) is 118 Å². The first kappa shape index (κ1) is 25.1. The van der Waals surface area contributed by atoms with E-state index >= 15 is 0 Å². The number of benzene rings is 1. The molecule has 0 bridgehead atoms. The van der Waals surface area contributed by atoms with Gasteiger partial charge in [-0.3, -0.25) is 4.57 Å². The van der Waals surface area contributed by atoms with E-state index in [0.717, 1.165) is 18.4 Å². The van der Waals surface area contributed by atoms with Gasteiger partial charge in [0.1, 0.15) is 34.9 Å². The smallest absolute Gasteiger partial charge is 0.167 e. The van der Waals surface area contributed by atoms with Crippen LogP contribution in [0.1, 0.15) is 61.7 Å². The molecule has 11 heteroatoms. The maximum atomic E-state index is 13.6. The van der Waals surface area contributed by atoms with Crippen LogP contribution in [-0.4, -0.2) is 59.2 Å². The number of rotatable bonds is 9. The molecule has 1 aliphatic heterocycles. The number of methoxy groups -OCH3 is 2. The molecule has 3 aromatic rings. The fourth-order valence-electron chi connectivity index (χ4n) is 4.18. The molecule has 0 unspecified atom stereocenters. The van der Waals surface area contributed by atoms with Crippen molar-refractivity contribution in [3.8, 4) is 17.2 Å². The second kappa shape index (κ2) is 10.3. The molecule has 188 valence electrons. The molecule has 0 saturated carbocycles. The molecule has 0 aliphatic carbocycles. The Labute approximate surface area is 205 Å². The second-order valence-electron chi connectivity index (χ2n) is 8.74. The molecule has 1 saturated heterocycles. The van der Waals surface area contributed by atoms with Crippen molar-refractivity contribution in [2.24, 2.45) is 0 Å². The maximum Gasteiger partial charge on any atom is 0.167 e. The molecule has 0 amide bonds.